The van der Waals surface area contributed by atoms with Crippen LogP contribution in [-0.2, 0) is 6.42 Å². The van der Waals surface area contributed by atoms with E-state index >= 15 is 0 Å². The van der Waals surface area contributed by atoms with Gasteiger partial charge in [0.1, 0.15) is 17.2 Å². The first-order chi connectivity index (χ1) is 11.2. The topological polar surface area (TPSA) is 56.8 Å². The highest BCUT2D eigenvalue weighted by molar-refractivity contribution is 5.94. The molecular weight excluding hydrogens is 294 g/mol. The van der Waals surface area contributed by atoms with Crippen molar-refractivity contribution in [2.45, 2.75) is 6.42 Å². The van der Waals surface area contributed by atoms with Crippen LogP contribution in [0.3, 0.4) is 0 Å². The molecule has 0 aromatic heterocycles. The molecule has 5 nitrogen and oxygen atoms in total. The Kier molecular flexibility index (Phi) is 5.86. The number of carbonyl (C=O) groups is 1. The van der Waals surface area contributed by atoms with E-state index < -0.39 is 0 Å². The lowest BCUT2D eigenvalue weighted by Crippen LogP contribution is -2.25. The number of nitrogens with one attached hydrogen (secondary N) is 1. The van der Waals surface area contributed by atoms with Gasteiger partial charge in [-0.15, -0.1) is 0 Å². The zero-order valence-electron chi connectivity index (χ0n) is 13.6. The van der Waals surface area contributed by atoms with E-state index in [1.165, 1.54) is 0 Å². The number of ether oxygens (including phenoxy) is 3. The Labute approximate surface area is 136 Å². The number of hydrogen-bond acceptors (Lipinski definition) is 4. The van der Waals surface area contributed by atoms with Crippen LogP contribution < -0.4 is 19.5 Å². The molecular formula is C18H21NO4. The van der Waals surface area contributed by atoms with Crippen LogP contribution in [0.4, 0.5) is 0 Å². The Balaban J connectivity index is 1.92. The average Bonchev–Trinajstić information content (AvgIpc) is 2.61. The third kappa shape index (κ3) is 4.39. The molecule has 1 N–H and O–H groups in total. The minimum Gasteiger partial charge on any atom is -0.497 e. The molecule has 0 saturated heterocycles. The second kappa shape index (κ2) is 8.08. The van der Waals surface area contributed by atoms with Crippen molar-refractivity contribution >= 4 is 5.91 Å². The third-order valence-corrected chi connectivity index (χ3v) is 3.53. The maximum atomic E-state index is 12.1. The van der Waals surface area contributed by atoms with E-state index in [4.69, 9.17) is 14.2 Å². The summed E-state index contributed by atoms with van der Waals surface area (Å²) in [5, 5.41) is 2.90. The van der Waals surface area contributed by atoms with Crippen molar-refractivity contribution in [2.75, 3.05) is 27.9 Å². The van der Waals surface area contributed by atoms with Crippen molar-refractivity contribution in [3.63, 3.8) is 0 Å². The van der Waals surface area contributed by atoms with E-state index in [1.54, 1.807) is 45.6 Å². The lowest BCUT2D eigenvalue weighted by atomic mass is 10.1. The van der Waals surface area contributed by atoms with E-state index in [0.717, 1.165) is 22.8 Å². The first kappa shape index (κ1) is 16.7. The third-order valence-electron chi connectivity index (χ3n) is 3.53. The Morgan fingerprint density at radius 3 is 2.17 bits per heavy atom. The molecule has 2 rings (SSSR count). The quantitative estimate of drug-likeness (QED) is 0.853. The molecule has 2 aromatic rings. The van der Waals surface area contributed by atoms with Crippen LogP contribution in [0, 0.1) is 0 Å². The van der Waals surface area contributed by atoms with Crippen LogP contribution in [0.2, 0.25) is 0 Å². The van der Waals surface area contributed by atoms with E-state index in [9.17, 15) is 4.79 Å². The average molecular weight is 315 g/mol. The molecule has 0 aliphatic rings. The van der Waals surface area contributed by atoms with E-state index in [0.29, 0.717) is 18.5 Å². The summed E-state index contributed by atoms with van der Waals surface area (Å²) in [6.45, 7) is 0.521. The molecule has 0 atom stereocenters. The molecule has 0 heterocycles. The van der Waals surface area contributed by atoms with Crippen LogP contribution in [0.1, 0.15) is 15.9 Å². The van der Waals surface area contributed by atoms with E-state index in [1.807, 2.05) is 18.2 Å². The molecule has 0 saturated carbocycles. The van der Waals surface area contributed by atoms with E-state index in [2.05, 4.69) is 5.32 Å². The van der Waals surface area contributed by atoms with Gasteiger partial charge in [-0.25, -0.2) is 0 Å². The fraction of sp³-hybridized carbons (Fsp3) is 0.278. The van der Waals surface area contributed by atoms with Gasteiger partial charge in [-0.2, -0.15) is 0 Å². The summed E-state index contributed by atoms with van der Waals surface area (Å²) < 4.78 is 15.6. The minimum absolute atomic E-state index is 0.111. The second-order valence-electron chi connectivity index (χ2n) is 4.91. The van der Waals surface area contributed by atoms with Gasteiger partial charge in [-0.1, -0.05) is 6.07 Å². The molecule has 0 unspecified atom stereocenters. The Morgan fingerprint density at radius 2 is 1.57 bits per heavy atom. The fourth-order valence-corrected chi connectivity index (χ4v) is 2.21. The van der Waals surface area contributed by atoms with Crippen LogP contribution in [-0.4, -0.2) is 33.8 Å². The summed E-state index contributed by atoms with van der Waals surface area (Å²) in [7, 11) is 4.83. The number of benzene rings is 2. The highest BCUT2D eigenvalue weighted by atomic mass is 16.5. The summed E-state index contributed by atoms with van der Waals surface area (Å²) in [5.74, 6) is 2.11. The van der Waals surface area contributed by atoms with Gasteiger partial charge >= 0.3 is 0 Å². The SMILES string of the molecule is COc1ccc(C(=O)NCCc2ccc(OC)cc2OC)cc1. The van der Waals surface area contributed by atoms with Gasteiger partial charge in [-0.05, 0) is 42.3 Å². The highest BCUT2D eigenvalue weighted by Crippen LogP contribution is 2.24. The molecule has 0 aliphatic carbocycles. The van der Waals surface area contributed by atoms with Gasteiger partial charge < -0.3 is 19.5 Å². The normalized spacial score (nSPS) is 10.0. The standard InChI is InChI=1S/C18H21NO4/c1-21-15-7-5-14(6-8-15)18(20)19-11-10-13-4-9-16(22-2)12-17(13)23-3/h4-9,12H,10-11H2,1-3H3,(H,19,20). The summed E-state index contributed by atoms with van der Waals surface area (Å²) >= 11 is 0. The molecule has 0 bridgehead atoms. The lowest BCUT2D eigenvalue weighted by Gasteiger charge is -2.11. The summed E-state index contributed by atoms with van der Waals surface area (Å²) in [6.07, 6.45) is 0.676. The van der Waals surface area contributed by atoms with Gasteiger partial charge in [0.05, 0.1) is 21.3 Å². The molecule has 122 valence electrons. The predicted octanol–water partition coefficient (Wildman–Crippen LogP) is 2.68. The van der Waals surface area contributed by atoms with Crippen molar-refractivity contribution in [2.24, 2.45) is 0 Å². The first-order valence-electron chi connectivity index (χ1n) is 7.31. The molecule has 0 radical (unpaired) electrons. The summed E-state index contributed by atoms with van der Waals surface area (Å²) in [5.41, 5.74) is 1.62. The number of hydrogen-bond donors (Lipinski definition) is 1. The number of rotatable bonds is 7. The van der Waals surface area contributed by atoms with Crippen LogP contribution >= 0.6 is 0 Å². The highest BCUT2D eigenvalue weighted by Gasteiger charge is 2.08. The summed E-state index contributed by atoms with van der Waals surface area (Å²) in [6, 6.07) is 12.7. The van der Waals surface area contributed by atoms with E-state index in [-0.39, 0.29) is 5.91 Å². The van der Waals surface area contributed by atoms with Gasteiger partial charge in [0.25, 0.3) is 5.91 Å². The van der Waals surface area contributed by atoms with Gasteiger partial charge in [0.15, 0.2) is 0 Å². The molecule has 23 heavy (non-hydrogen) atoms. The molecule has 2 aromatic carbocycles. The minimum atomic E-state index is -0.111. The first-order valence-corrected chi connectivity index (χ1v) is 7.31. The molecule has 1 amide bonds. The van der Waals surface area contributed by atoms with Gasteiger partial charge in [0.2, 0.25) is 0 Å². The van der Waals surface area contributed by atoms with Crippen molar-refractivity contribution in [3.05, 3.63) is 53.6 Å². The van der Waals surface area contributed by atoms with Crippen LogP contribution in [0.15, 0.2) is 42.5 Å². The maximum absolute atomic E-state index is 12.1. The molecule has 0 spiro atoms. The largest absolute Gasteiger partial charge is 0.497 e. The maximum Gasteiger partial charge on any atom is 0.251 e. The second-order valence-corrected chi connectivity index (χ2v) is 4.91. The lowest BCUT2D eigenvalue weighted by molar-refractivity contribution is 0.0954. The van der Waals surface area contributed by atoms with Crippen LogP contribution in [0.25, 0.3) is 0 Å². The van der Waals surface area contributed by atoms with Crippen molar-refractivity contribution in [1.82, 2.24) is 5.32 Å². The number of carbonyl (C=O) groups excluding carboxylic acids is 1. The van der Waals surface area contributed by atoms with Crippen molar-refractivity contribution < 1.29 is 19.0 Å². The molecule has 5 heteroatoms. The predicted molar refractivity (Wildman–Crippen MR) is 88.6 cm³/mol. The number of amides is 1. The Hall–Kier alpha value is -2.69. The van der Waals surface area contributed by atoms with Gasteiger partial charge in [-0.3, -0.25) is 4.79 Å². The zero-order valence-corrected chi connectivity index (χ0v) is 13.6. The fourth-order valence-electron chi connectivity index (χ4n) is 2.21. The molecule has 0 aliphatic heterocycles. The van der Waals surface area contributed by atoms with Crippen molar-refractivity contribution in [3.8, 4) is 17.2 Å². The Bertz CT molecular complexity index is 653. The van der Waals surface area contributed by atoms with Crippen molar-refractivity contribution in [1.29, 1.82) is 0 Å². The van der Waals surface area contributed by atoms with Crippen LogP contribution in [0.5, 0.6) is 17.2 Å². The Morgan fingerprint density at radius 1 is 0.913 bits per heavy atom. The smallest absolute Gasteiger partial charge is 0.251 e. The zero-order chi connectivity index (χ0) is 16.7. The number of methoxy groups -OCH3 is 3. The monoisotopic (exact) mass is 315 g/mol. The summed E-state index contributed by atoms with van der Waals surface area (Å²) in [4.78, 5) is 12.1. The van der Waals surface area contributed by atoms with Gasteiger partial charge in [0, 0.05) is 18.2 Å². The molecule has 0 fully saturated rings.